The first kappa shape index (κ1) is 16.7. The molecule has 138 valence electrons. The number of benzene rings is 2. The SMILES string of the molecule is CCOc1ccc2c(c1)sc1nc(=O)c(C=C3C=Nc4ccccc43)c(N)n12. The van der Waals surface area contributed by atoms with Crippen LogP contribution in [0.2, 0.25) is 0 Å². The van der Waals surface area contributed by atoms with E-state index in [1.165, 1.54) is 11.3 Å². The molecular weight excluding hydrogens is 372 g/mol. The maximum atomic E-state index is 12.7. The number of aliphatic imine (C=N–C) groups is 1. The van der Waals surface area contributed by atoms with Crippen molar-refractivity contribution in [2.75, 3.05) is 12.3 Å². The summed E-state index contributed by atoms with van der Waals surface area (Å²) in [6.45, 7) is 2.53. The molecule has 0 saturated heterocycles. The summed E-state index contributed by atoms with van der Waals surface area (Å²) >= 11 is 1.41. The first-order chi connectivity index (χ1) is 13.7. The maximum absolute atomic E-state index is 12.7. The zero-order chi connectivity index (χ0) is 19.3. The van der Waals surface area contributed by atoms with E-state index in [1.54, 1.807) is 12.3 Å². The summed E-state index contributed by atoms with van der Waals surface area (Å²) in [5, 5.41) is 0. The van der Waals surface area contributed by atoms with E-state index in [4.69, 9.17) is 10.5 Å². The lowest BCUT2D eigenvalue weighted by atomic mass is 10.1. The number of hydrogen-bond acceptors (Lipinski definition) is 6. The van der Waals surface area contributed by atoms with Crippen molar-refractivity contribution < 1.29 is 4.74 Å². The standard InChI is InChI=1S/C21H16N4O2S/c1-2-27-13-7-8-17-18(10-13)28-21-24-20(26)15(19(22)25(17)21)9-12-11-23-16-6-4-3-5-14(12)16/h3-11H,2,22H2,1H3. The van der Waals surface area contributed by atoms with Gasteiger partial charge in [0.1, 0.15) is 11.6 Å². The fourth-order valence-corrected chi connectivity index (χ4v) is 4.44. The van der Waals surface area contributed by atoms with Gasteiger partial charge in [-0.3, -0.25) is 14.2 Å². The number of fused-ring (bicyclic) bond motifs is 4. The number of nitrogen functional groups attached to an aromatic ring is 1. The summed E-state index contributed by atoms with van der Waals surface area (Å²) in [7, 11) is 0. The summed E-state index contributed by atoms with van der Waals surface area (Å²) in [6.07, 6.45) is 3.52. The molecule has 0 saturated carbocycles. The Morgan fingerprint density at radius 1 is 1.25 bits per heavy atom. The topological polar surface area (TPSA) is 82.0 Å². The highest BCUT2D eigenvalue weighted by molar-refractivity contribution is 7.23. The van der Waals surface area contributed by atoms with E-state index in [9.17, 15) is 4.79 Å². The summed E-state index contributed by atoms with van der Waals surface area (Å²) in [5.74, 6) is 1.15. The number of allylic oxidation sites excluding steroid dienone is 1. The summed E-state index contributed by atoms with van der Waals surface area (Å²) in [6, 6.07) is 13.6. The molecule has 1 aliphatic heterocycles. The number of nitrogens with zero attached hydrogens (tertiary/aromatic N) is 3. The Kier molecular flexibility index (Phi) is 3.77. The van der Waals surface area contributed by atoms with Crippen molar-refractivity contribution in [2.24, 2.45) is 4.99 Å². The van der Waals surface area contributed by atoms with Crippen LogP contribution in [-0.2, 0) is 0 Å². The monoisotopic (exact) mass is 388 g/mol. The minimum atomic E-state index is -0.348. The van der Waals surface area contributed by atoms with Gasteiger partial charge in [0.15, 0.2) is 4.96 Å². The van der Waals surface area contributed by atoms with Gasteiger partial charge in [0.2, 0.25) is 0 Å². The molecule has 0 unspecified atom stereocenters. The van der Waals surface area contributed by atoms with E-state index >= 15 is 0 Å². The molecular formula is C21H16N4O2S. The molecule has 0 atom stereocenters. The van der Waals surface area contributed by atoms with Gasteiger partial charge in [-0.1, -0.05) is 29.5 Å². The van der Waals surface area contributed by atoms with Crippen LogP contribution in [0.15, 0.2) is 52.3 Å². The lowest BCUT2D eigenvalue weighted by Crippen LogP contribution is -2.16. The molecule has 0 fully saturated rings. The lowest BCUT2D eigenvalue weighted by molar-refractivity contribution is 0.341. The number of hydrogen-bond donors (Lipinski definition) is 1. The molecule has 2 aromatic carbocycles. The number of anilines is 1. The molecule has 0 radical (unpaired) electrons. The summed E-state index contributed by atoms with van der Waals surface area (Å²) in [4.78, 5) is 21.9. The molecule has 0 bridgehead atoms. The van der Waals surface area contributed by atoms with E-state index in [1.807, 2.05) is 53.8 Å². The molecule has 4 aromatic rings. The van der Waals surface area contributed by atoms with Crippen LogP contribution in [0.1, 0.15) is 18.1 Å². The van der Waals surface area contributed by atoms with Crippen LogP contribution in [0.25, 0.3) is 26.8 Å². The van der Waals surface area contributed by atoms with Crippen molar-refractivity contribution in [3.8, 4) is 5.75 Å². The summed E-state index contributed by atoms with van der Waals surface area (Å²) in [5.41, 5.74) is 10.1. The van der Waals surface area contributed by atoms with E-state index < -0.39 is 0 Å². The van der Waals surface area contributed by atoms with Crippen molar-refractivity contribution in [3.05, 3.63) is 63.9 Å². The number of rotatable bonds is 3. The van der Waals surface area contributed by atoms with E-state index in [0.717, 1.165) is 32.8 Å². The summed E-state index contributed by atoms with van der Waals surface area (Å²) < 4.78 is 8.35. The zero-order valence-corrected chi connectivity index (χ0v) is 15.9. The maximum Gasteiger partial charge on any atom is 0.283 e. The minimum absolute atomic E-state index is 0.348. The molecule has 0 spiro atoms. The number of ether oxygens (including phenoxy) is 1. The normalized spacial score (nSPS) is 14.2. The highest BCUT2D eigenvalue weighted by Gasteiger charge is 2.17. The first-order valence-corrected chi connectivity index (χ1v) is 9.70. The van der Waals surface area contributed by atoms with Gasteiger partial charge in [-0.15, -0.1) is 0 Å². The predicted octanol–water partition coefficient (Wildman–Crippen LogP) is 4.15. The van der Waals surface area contributed by atoms with Gasteiger partial charge in [-0.25, -0.2) is 0 Å². The van der Waals surface area contributed by atoms with Gasteiger partial charge in [-0.2, -0.15) is 4.98 Å². The fraction of sp³-hybridized carbons (Fsp3) is 0.0952. The molecule has 2 N–H and O–H groups in total. The smallest absolute Gasteiger partial charge is 0.283 e. The highest BCUT2D eigenvalue weighted by atomic mass is 32.1. The Balaban J connectivity index is 1.73. The van der Waals surface area contributed by atoms with Crippen molar-refractivity contribution in [3.63, 3.8) is 0 Å². The van der Waals surface area contributed by atoms with Crippen molar-refractivity contribution in [2.45, 2.75) is 6.92 Å². The van der Waals surface area contributed by atoms with Crippen molar-refractivity contribution in [1.82, 2.24) is 9.38 Å². The van der Waals surface area contributed by atoms with Crippen LogP contribution >= 0.6 is 11.3 Å². The zero-order valence-electron chi connectivity index (χ0n) is 15.0. The minimum Gasteiger partial charge on any atom is -0.494 e. The van der Waals surface area contributed by atoms with Crippen LogP contribution in [0.5, 0.6) is 5.75 Å². The highest BCUT2D eigenvalue weighted by Crippen LogP contribution is 2.34. The Labute approximate surface area is 164 Å². The molecule has 3 heterocycles. The number of nitrogens with two attached hydrogens (primary N) is 1. The first-order valence-electron chi connectivity index (χ1n) is 8.88. The number of thiazole rings is 1. The van der Waals surface area contributed by atoms with E-state index in [0.29, 0.717) is 22.9 Å². The third-order valence-corrected chi connectivity index (χ3v) is 5.68. The molecule has 7 heteroatoms. The van der Waals surface area contributed by atoms with Gasteiger partial charge < -0.3 is 10.5 Å². The molecule has 1 aliphatic rings. The van der Waals surface area contributed by atoms with Gasteiger partial charge in [0.25, 0.3) is 5.56 Å². The van der Waals surface area contributed by atoms with Gasteiger partial charge >= 0.3 is 0 Å². The Morgan fingerprint density at radius 3 is 2.96 bits per heavy atom. The average Bonchev–Trinajstić information content (AvgIpc) is 3.26. The average molecular weight is 388 g/mol. The largest absolute Gasteiger partial charge is 0.494 e. The molecule has 0 aliphatic carbocycles. The van der Waals surface area contributed by atoms with Gasteiger partial charge in [-0.05, 0) is 37.3 Å². The van der Waals surface area contributed by atoms with Gasteiger partial charge in [0.05, 0.1) is 28.1 Å². The van der Waals surface area contributed by atoms with Crippen molar-refractivity contribution >= 4 is 55.9 Å². The second kappa shape index (κ2) is 6.31. The van der Waals surface area contributed by atoms with Crippen LogP contribution in [0.4, 0.5) is 11.5 Å². The quantitative estimate of drug-likeness (QED) is 0.572. The van der Waals surface area contributed by atoms with E-state index in [-0.39, 0.29) is 5.56 Å². The number of para-hydroxylation sites is 1. The molecule has 2 aromatic heterocycles. The molecule has 5 rings (SSSR count). The molecule has 28 heavy (non-hydrogen) atoms. The second-order valence-electron chi connectivity index (χ2n) is 6.37. The van der Waals surface area contributed by atoms with Crippen molar-refractivity contribution in [1.29, 1.82) is 0 Å². The van der Waals surface area contributed by atoms with Crippen LogP contribution in [-0.4, -0.2) is 22.2 Å². The van der Waals surface area contributed by atoms with Gasteiger partial charge in [0, 0.05) is 17.4 Å². The molecule has 6 nitrogen and oxygen atoms in total. The predicted molar refractivity (Wildman–Crippen MR) is 115 cm³/mol. The lowest BCUT2D eigenvalue weighted by Gasteiger charge is -2.06. The molecule has 0 amide bonds. The van der Waals surface area contributed by atoms with Crippen LogP contribution in [0, 0.1) is 0 Å². The van der Waals surface area contributed by atoms with E-state index in [2.05, 4.69) is 9.98 Å². The third kappa shape index (κ3) is 2.51. The Morgan fingerprint density at radius 2 is 2.11 bits per heavy atom. The fourth-order valence-electron chi connectivity index (χ4n) is 3.39. The Hall–Kier alpha value is -3.45. The third-order valence-electron chi connectivity index (χ3n) is 4.68. The second-order valence-corrected chi connectivity index (χ2v) is 7.38. The number of aromatic nitrogens is 2. The van der Waals surface area contributed by atoms with Crippen LogP contribution < -0.4 is 16.0 Å². The Bertz CT molecular complexity index is 1360. The van der Waals surface area contributed by atoms with Crippen LogP contribution in [0.3, 0.4) is 0 Å².